The third-order valence-electron chi connectivity index (χ3n) is 14.7. The molecule has 70 heavy (non-hydrogen) atoms. The molecule has 0 spiro atoms. The van der Waals surface area contributed by atoms with Crippen LogP contribution in [0.3, 0.4) is 0 Å². The zero-order valence-electron chi connectivity index (χ0n) is 45.2. The summed E-state index contributed by atoms with van der Waals surface area (Å²) in [4.78, 5) is 10.0. The molecule has 9 rings (SSSR count). The van der Waals surface area contributed by atoms with E-state index in [4.69, 9.17) is 9.72 Å². The zero-order valence-corrected chi connectivity index (χ0v) is 45.2. The van der Waals surface area contributed by atoms with Crippen molar-refractivity contribution in [3.05, 3.63) is 179 Å². The van der Waals surface area contributed by atoms with Gasteiger partial charge in [0.15, 0.2) is 0 Å². The predicted molar refractivity (Wildman–Crippen MR) is 299 cm³/mol. The summed E-state index contributed by atoms with van der Waals surface area (Å²) < 4.78 is 9.39. The molecule has 0 unspecified atom stereocenters. The summed E-state index contributed by atoms with van der Waals surface area (Å²) in [6.07, 6.45) is 1.94. The average Bonchev–Trinajstić information content (AvgIpc) is 3.83. The van der Waals surface area contributed by atoms with Crippen LogP contribution in [-0.4, -0.2) is 16.2 Å². The topological polar surface area (TPSA) is 33.5 Å². The van der Waals surface area contributed by atoms with Gasteiger partial charge in [-0.15, -0.1) is 0 Å². The van der Waals surface area contributed by atoms with E-state index >= 15 is 0 Å². The first-order valence-corrected chi connectivity index (χ1v) is 25.4. The minimum Gasteiger partial charge on any atom is -0.457 e. The summed E-state index contributed by atoms with van der Waals surface area (Å²) in [6.45, 7) is 40.1. The second kappa shape index (κ2) is 16.9. The molecule has 0 aliphatic carbocycles. The van der Waals surface area contributed by atoms with Crippen molar-refractivity contribution in [2.45, 2.75) is 150 Å². The molecular formula is C65H76N4O. The fourth-order valence-corrected chi connectivity index (χ4v) is 10.2. The Morgan fingerprint density at radius 1 is 0.400 bits per heavy atom. The summed E-state index contributed by atoms with van der Waals surface area (Å²) in [6, 6.07) is 49.7. The Morgan fingerprint density at radius 2 is 0.929 bits per heavy atom. The Balaban J connectivity index is 1.21. The number of hydrogen-bond acceptors (Lipinski definition) is 4. The third-order valence-corrected chi connectivity index (χ3v) is 14.7. The fraction of sp³-hybridized carbons (Fsp3) is 0.369. The van der Waals surface area contributed by atoms with Crippen molar-refractivity contribution in [1.29, 1.82) is 0 Å². The highest BCUT2D eigenvalue weighted by molar-refractivity contribution is 6.09. The van der Waals surface area contributed by atoms with Crippen LogP contribution in [0.2, 0.25) is 0 Å². The highest BCUT2D eigenvalue weighted by Gasteiger charge is 2.36. The van der Waals surface area contributed by atoms with Crippen molar-refractivity contribution < 1.29 is 4.74 Å². The van der Waals surface area contributed by atoms with Crippen molar-refractivity contribution in [2.24, 2.45) is 0 Å². The van der Waals surface area contributed by atoms with E-state index in [1.807, 2.05) is 6.20 Å². The van der Waals surface area contributed by atoms with E-state index in [2.05, 4.69) is 266 Å². The van der Waals surface area contributed by atoms with Crippen molar-refractivity contribution in [3.8, 4) is 17.3 Å². The SMILES string of the molecule is CC(C)(C)c1cc(Oc2ccc3c4ccccc4n(-c4cc(C(C)(C)C)ccn4)c3c2)cc(N2CN(c3cc(C(C)(C)C)cc(C(C)(C)c4ccccc4)c3)c3cc(C(C)(C)C)c(C(C)(C)C)cc32)c1. The van der Waals surface area contributed by atoms with Gasteiger partial charge < -0.3 is 14.5 Å². The van der Waals surface area contributed by atoms with E-state index < -0.39 is 0 Å². The van der Waals surface area contributed by atoms with Crippen LogP contribution in [-0.2, 0) is 32.5 Å². The van der Waals surface area contributed by atoms with Gasteiger partial charge in [-0.25, -0.2) is 4.98 Å². The number of rotatable bonds is 7. The first kappa shape index (κ1) is 48.7. The number of hydrogen-bond donors (Lipinski definition) is 0. The standard InChI is InChI=1S/C65H76N4O/c1-60(2,3)43-29-30-66-59(36-43)69-55-26-22-21-25-51(55)52-28-27-49(38-56(52)69)70-50-35-45(62(7,8)9)33-48(37-50)68-41-67(57-39-53(63(10,11)12)54(40-58(57)68)64(13,14)15)47-32-44(61(4,5)6)31-46(34-47)65(16,17)42-23-19-18-20-24-42/h18-40H,41H2,1-17H3. The maximum Gasteiger partial charge on any atom is 0.137 e. The lowest BCUT2D eigenvalue weighted by Crippen LogP contribution is -2.26. The minimum absolute atomic E-state index is 0.0186. The number of benzene rings is 6. The molecule has 1 aliphatic heterocycles. The fourth-order valence-electron chi connectivity index (χ4n) is 10.2. The van der Waals surface area contributed by atoms with E-state index in [9.17, 15) is 0 Å². The van der Waals surface area contributed by atoms with Crippen molar-refractivity contribution in [1.82, 2.24) is 9.55 Å². The summed E-state index contributed by atoms with van der Waals surface area (Å²) in [5.41, 5.74) is 15.4. The third kappa shape index (κ3) is 9.13. The van der Waals surface area contributed by atoms with Gasteiger partial charge in [0.25, 0.3) is 0 Å². The van der Waals surface area contributed by atoms with Gasteiger partial charge in [-0.3, -0.25) is 4.57 Å². The first-order valence-electron chi connectivity index (χ1n) is 25.4. The van der Waals surface area contributed by atoms with Crippen molar-refractivity contribution in [3.63, 3.8) is 0 Å². The largest absolute Gasteiger partial charge is 0.457 e. The van der Waals surface area contributed by atoms with Crippen molar-refractivity contribution in [2.75, 3.05) is 16.5 Å². The molecule has 1 aliphatic rings. The molecule has 0 N–H and O–H groups in total. The molecular weight excluding hydrogens is 853 g/mol. The molecule has 2 aromatic heterocycles. The number of pyridine rings is 1. The quantitative estimate of drug-likeness (QED) is 0.159. The first-order chi connectivity index (χ1) is 32.6. The van der Waals surface area contributed by atoms with E-state index in [0.29, 0.717) is 6.67 Å². The van der Waals surface area contributed by atoms with E-state index in [0.717, 1.165) is 34.0 Å². The van der Waals surface area contributed by atoms with Crippen LogP contribution in [0.1, 0.15) is 157 Å². The lowest BCUT2D eigenvalue weighted by atomic mass is 9.74. The maximum atomic E-state index is 7.10. The Hall–Kier alpha value is -6.33. The Labute approximate surface area is 419 Å². The highest BCUT2D eigenvalue weighted by Crippen LogP contribution is 2.51. The van der Waals surface area contributed by atoms with Gasteiger partial charge in [-0.1, -0.05) is 172 Å². The molecule has 0 radical (unpaired) electrons. The molecule has 5 heteroatoms. The molecule has 3 heterocycles. The lowest BCUT2D eigenvalue weighted by molar-refractivity contribution is 0.479. The van der Waals surface area contributed by atoms with Crippen LogP contribution in [0.4, 0.5) is 22.7 Å². The van der Waals surface area contributed by atoms with Gasteiger partial charge in [0.1, 0.15) is 24.0 Å². The molecule has 0 atom stereocenters. The monoisotopic (exact) mass is 929 g/mol. The molecule has 8 aromatic rings. The molecule has 0 saturated heterocycles. The van der Waals surface area contributed by atoms with E-state index in [1.54, 1.807) is 0 Å². The van der Waals surface area contributed by atoms with Crippen LogP contribution >= 0.6 is 0 Å². The maximum absolute atomic E-state index is 7.10. The summed E-state index contributed by atoms with van der Waals surface area (Å²) >= 11 is 0. The van der Waals surface area contributed by atoms with Gasteiger partial charge in [0.05, 0.1) is 22.4 Å². The molecule has 0 amide bonds. The normalized spacial score (nSPS) is 14.0. The number of anilines is 4. The van der Waals surface area contributed by atoms with Crippen LogP contribution in [0.5, 0.6) is 11.5 Å². The van der Waals surface area contributed by atoms with Gasteiger partial charge >= 0.3 is 0 Å². The molecule has 6 aromatic carbocycles. The number of fused-ring (bicyclic) bond motifs is 4. The number of aromatic nitrogens is 2. The van der Waals surface area contributed by atoms with Crippen LogP contribution in [0.25, 0.3) is 27.6 Å². The van der Waals surface area contributed by atoms with Gasteiger partial charge in [-0.05, 0) is 133 Å². The summed E-state index contributed by atoms with van der Waals surface area (Å²) in [5.74, 6) is 2.49. The number of nitrogens with zero attached hydrogens (tertiary/aromatic N) is 4. The van der Waals surface area contributed by atoms with Gasteiger partial charge in [-0.2, -0.15) is 0 Å². The average molecular weight is 929 g/mol. The minimum atomic E-state index is -0.218. The summed E-state index contributed by atoms with van der Waals surface area (Å²) in [7, 11) is 0. The molecule has 0 bridgehead atoms. The number of para-hydroxylation sites is 1. The smallest absolute Gasteiger partial charge is 0.137 e. The molecule has 5 nitrogen and oxygen atoms in total. The van der Waals surface area contributed by atoms with Gasteiger partial charge in [0.2, 0.25) is 0 Å². The van der Waals surface area contributed by atoms with Gasteiger partial charge in [0, 0.05) is 45.9 Å². The summed E-state index contributed by atoms with van der Waals surface area (Å²) in [5, 5.41) is 2.35. The van der Waals surface area contributed by atoms with E-state index in [-0.39, 0.29) is 32.5 Å². The van der Waals surface area contributed by atoms with Crippen LogP contribution in [0, 0.1) is 0 Å². The molecule has 362 valence electrons. The molecule has 0 fully saturated rings. The second-order valence-electron chi connectivity index (χ2n) is 25.6. The van der Waals surface area contributed by atoms with Crippen LogP contribution < -0.4 is 14.5 Å². The molecule has 0 saturated carbocycles. The predicted octanol–water partition coefficient (Wildman–Crippen LogP) is 18.0. The van der Waals surface area contributed by atoms with Crippen molar-refractivity contribution >= 4 is 44.6 Å². The van der Waals surface area contributed by atoms with E-state index in [1.165, 1.54) is 66.8 Å². The second-order valence-corrected chi connectivity index (χ2v) is 25.6. The number of ether oxygens (including phenoxy) is 1. The Morgan fingerprint density at radius 3 is 1.51 bits per heavy atom. The zero-order chi connectivity index (χ0) is 50.5. The Bertz CT molecular complexity index is 3260. The lowest BCUT2D eigenvalue weighted by Gasteiger charge is -2.33. The van der Waals surface area contributed by atoms with Crippen LogP contribution in [0.15, 0.2) is 140 Å². The Kier molecular flexibility index (Phi) is 11.8. The highest BCUT2D eigenvalue weighted by atomic mass is 16.5.